The summed E-state index contributed by atoms with van der Waals surface area (Å²) in [6.07, 6.45) is 7.76. The van der Waals surface area contributed by atoms with Crippen molar-refractivity contribution in [3.63, 3.8) is 0 Å². The van der Waals surface area contributed by atoms with Gasteiger partial charge in [-0.1, -0.05) is 46.0 Å². The second-order valence-electron chi connectivity index (χ2n) is 4.12. The average Bonchev–Trinajstić information content (AvgIpc) is 2.03. The summed E-state index contributed by atoms with van der Waals surface area (Å²) in [7, 11) is 0. The maximum Gasteiger partial charge on any atom is 0.120 e. The van der Waals surface area contributed by atoms with Gasteiger partial charge >= 0.3 is 0 Å². The first kappa shape index (κ1) is 12.7. The number of unbranched alkanes of at least 4 members (excludes halogenated alkanes) is 2. The lowest BCUT2D eigenvalue weighted by atomic mass is 9.98. The molecule has 1 nitrogen and oxygen atoms in total. The zero-order valence-electron chi connectivity index (χ0n) is 8.96. The number of carbonyl (C=O) groups excluding carboxylic acids is 1. The van der Waals surface area contributed by atoms with Crippen LogP contribution in [-0.4, -0.2) is 6.29 Å². The predicted octanol–water partition coefficient (Wildman–Crippen LogP) is 3.51. The fraction of sp³-hybridized carbons (Fsp3) is 0.833. The first-order chi connectivity index (χ1) is 6.16. The molecule has 0 N–H and O–H groups in total. The Labute approximate surface area is 82.9 Å². The Bertz CT molecular complexity index is 118. The van der Waals surface area contributed by atoms with E-state index >= 15 is 0 Å². The van der Waals surface area contributed by atoms with E-state index in [4.69, 9.17) is 6.92 Å². The van der Waals surface area contributed by atoms with Gasteiger partial charge in [-0.05, 0) is 18.8 Å². The molecule has 0 saturated carbocycles. The first-order valence-electron chi connectivity index (χ1n) is 5.36. The van der Waals surface area contributed by atoms with Crippen molar-refractivity contribution in [1.29, 1.82) is 0 Å². The fourth-order valence-electron chi connectivity index (χ4n) is 1.42. The van der Waals surface area contributed by atoms with Gasteiger partial charge in [-0.3, -0.25) is 0 Å². The summed E-state index contributed by atoms with van der Waals surface area (Å²) >= 11 is 0. The highest BCUT2D eigenvalue weighted by Gasteiger charge is 2.00. The summed E-state index contributed by atoms with van der Waals surface area (Å²) in [5, 5.41) is 0. The Morgan fingerprint density at radius 1 is 1.15 bits per heavy atom. The SMILES string of the molecule is [CH]C(C)CCCCCC(C)CC=O. The third-order valence-corrected chi connectivity index (χ3v) is 2.35. The molecule has 0 aliphatic rings. The van der Waals surface area contributed by atoms with E-state index in [9.17, 15) is 4.79 Å². The van der Waals surface area contributed by atoms with Gasteiger partial charge in [-0.2, -0.15) is 0 Å². The number of aldehydes is 1. The number of carbonyl (C=O) groups is 1. The van der Waals surface area contributed by atoms with E-state index in [0.29, 0.717) is 18.3 Å². The lowest BCUT2D eigenvalue weighted by Gasteiger charge is -2.07. The largest absolute Gasteiger partial charge is 0.303 e. The summed E-state index contributed by atoms with van der Waals surface area (Å²) in [6, 6.07) is 0. The second kappa shape index (κ2) is 8.28. The summed E-state index contributed by atoms with van der Waals surface area (Å²) in [4.78, 5) is 10.2. The first-order valence-corrected chi connectivity index (χ1v) is 5.36. The average molecular weight is 182 g/mol. The third-order valence-electron chi connectivity index (χ3n) is 2.35. The van der Waals surface area contributed by atoms with Gasteiger partial charge in [0.25, 0.3) is 0 Å². The minimum atomic E-state index is 0.340. The van der Waals surface area contributed by atoms with Crippen LogP contribution in [0.2, 0.25) is 0 Å². The molecule has 0 heterocycles. The van der Waals surface area contributed by atoms with Gasteiger partial charge in [0, 0.05) is 6.42 Å². The van der Waals surface area contributed by atoms with Crippen LogP contribution >= 0.6 is 0 Å². The zero-order chi connectivity index (χ0) is 10.1. The zero-order valence-corrected chi connectivity index (χ0v) is 8.96. The highest BCUT2D eigenvalue weighted by molar-refractivity contribution is 5.49. The lowest BCUT2D eigenvalue weighted by molar-refractivity contribution is -0.108. The van der Waals surface area contributed by atoms with Gasteiger partial charge in [0.05, 0.1) is 0 Å². The summed E-state index contributed by atoms with van der Waals surface area (Å²) in [5.74, 6) is 0.903. The van der Waals surface area contributed by atoms with Crippen LogP contribution in [-0.2, 0) is 4.79 Å². The maximum absolute atomic E-state index is 10.2. The molecule has 2 radical (unpaired) electrons. The molecule has 13 heavy (non-hydrogen) atoms. The molecular formula is C12H22O. The molecule has 76 valence electrons. The second-order valence-corrected chi connectivity index (χ2v) is 4.12. The van der Waals surface area contributed by atoms with Crippen molar-refractivity contribution in [3.8, 4) is 0 Å². The third kappa shape index (κ3) is 9.59. The van der Waals surface area contributed by atoms with Crippen LogP contribution < -0.4 is 0 Å². The van der Waals surface area contributed by atoms with Crippen LogP contribution in [0.3, 0.4) is 0 Å². The minimum absolute atomic E-state index is 0.340. The van der Waals surface area contributed by atoms with Gasteiger partial charge < -0.3 is 4.79 Å². The van der Waals surface area contributed by atoms with Crippen LogP contribution in [0.4, 0.5) is 0 Å². The molecule has 0 bridgehead atoms. The van der Waals surface area contributed by atoms with Gasteiger partial charge in [0.2, 0.25) is 0 Å². The maximum atomic E-state index is 10.2. The Hall–Kier alpha value is -0.330. The topological polar surface area (TPSA) is 17.1 Å². The van der Waals surface area contributed by atoms with E-state index in [1.54, 1.807) is 0 Å². The van der Waals surface area contributed by atoms with Crippen molar-refractivity contribution in [3.05, 3.63) is 6.92 Å². The molecule has 0 rings (SSSR count). The molecule has 0 spiro atoms. The molecule has 0 aromatic rings. The lowest BCUT2D eigenvalue weighted by Crippen LogP contribution is -1.95. The molecule has 0 aromatic heterocycles. The molecule has 2 unspecified atom stereocenters. The summed E-state index contributed by atoms with van der Waals surface area (Å²) in [6.45, 7) is 9.83. The minimum Gasteiger partial charge on any atom is -0.303 e. The van der Waals surface area contributed by atoms with Crippen molar-refractivity contribution >= 4 is 6.29 Å². The van der Waals surface area contributed by atoms with Crippen LogP contribution in [0.1, 0.15) is 52.4 Å². The summed E-state index contributed by atoms with van der Waals surface area (Å²) < 4.78 is 0. The molecule has 0 saturated heterocycles. The van der Waals surface area contributed by atoms with Crippen molar-refractivity contribution in [1.82, 2.24) is 0 Å². The predicted molar refractivity (Wildman–Crippen MR) is 56.4 cm³/mol. The van der Waals surface area contributed by atoms with E-state index < -0.39 is 0 Å². The van der Waals surface area contributed by atoms with Crippen molar-refractivity contribution < 1.29 is 4.79 Å². The van der Waals surface area contributed by atoms with E-state index in [1.807, 2.05) is 0 Å². The van der Waals surface area contributed by atoms with Crippen molar-refractivity contribution in [2.24, 2.45) is 11.8 Å². The Morgan fingerprint density at radius 2 is 1.77 bits per heavy atom. The Balaban J connectivity index is 3.11. The molecule has 0 fully saturated rings. The highest BCUT2D eigenvalue weighted by atomic mass is 16.1. The van der Waals surface area contributed by atoms with Gasteiger partial charge in [0.15, 0.2) is 0 Å². The monoisotopic (exact) mass is 182 g/mol. The van der Waals surface area contributed by atoms with Crippen LogP contribution in [0.15, 0.2) is 0 Å². The molecule has 0 amide bonds. The fourth-order valence-corrected chi connectivity index (χ4v) is 1.42. The quantitative estimate of drug-likeness (QED) is 0.415. The number of hydrogen-bond acceptors (Lipinski definition) is 1. The molecule has 2 atom stereocenters. The van der Waals surface area contributed by atoms with Crippen molar-refractivity contribution in [2.75, 3.05) is 0 Å². The van der Waals surface area contributed by atoms with E-state index in [0.717, 1.165) is 12.7 Å². The summed E-state index contributed by atoms with van der Waals surface area (Å²) in [5.41, 5.74) is 0. The highest BCUT2D eigenvalue weighted by Crippen LogP contribution is 2.14. The molecule has 0 aromatic carbocycles. The smallest absolute Gasteiger partial charge is 0.120 e. The van der Waals surface area contributed by atoms with Gasteiger partial charge in [-0.15, -0.1) is 0 Å². The Kier molecular flexibility index (Phi) is 8.07. The number of hydrogen-bond donors (Lipinski definition) is 0. The van der Waals surface area contributed by atoms with Crippen LogP contribution in [0.25, 0.3) is 0 Å². The van der Waals surface area contributed by atoms with Crippen LogP contribution in [0, 0.1) is 18.8 Å². The molecule has 1 heteroatoms. The van der Waals surface area contributed by atoms with E-state index in [-0.39, 0.29) is 0 Å². The van der Waals surface area contributed by atoms with Gasteiger partial charge in [-0.25, -0.2) is 0 Å². The van der Waals surface area contributed by atoms with Gasteiger partial charge in [0.1, 0.15) is 6.29 Å². The normalized spacial score (nSPS) is 13.2. The van der Waals surface area contributed by atoms with E-state index in [1.165, 1.54) is 25.7 Å². The standard InChI is InChI=1S/C12H22O/c1-11(2)7-5-4-6-8-12(3)9-10-13/h1,10-12H,4-9H2,2-3H3. The number of rotatable bonds is 8. The molecule has 0 aliphatic heterocycles. The van der Waals surface area contributed by atoms with Crippen molar-refractivity contribution in [2.45, 2.75) is 52.4 Å². The molecule has 0 aliphatic carbocycles. The van der Waals surface area contributed by atoms with E-state index in [2.05, 4.69) is 13.8 Å². The molecular weight excluding hydrogens is 160 g/mol. The van der Waals surface area contributed by atoms with Crippen LogP contribution in [0.5, 0.6) is 0 Å². The Morgan fingerprint density at radius 3 is 2.31 bits per heavy atom.